The number of para-hydroxylation sites is 1. The van der Waals surface area contributed by atoms with Crippen molar-refractivity contribution in [3.8, 4) is 16.9 Å². The third-order valence-corrected chi connectivity index (χ3v) is 7.25. The number of halogens is 4. The van der Waals surface area contributed by atoms with Gasteiger partial charge in [0.1, 0.15) is 18.5 Å². The molecule has 37 heavy (non-hydrogen) atoms. The van der Waals surface area contributed by atoms with Gasteiger partial charge in [0.05, 0.1) is 27.5 Å². The van der Waals surface area contributed by atoms with E-state index in [1.54, 1.807) is 36.0 Å². The number of hydrogen-bond acceptors (Lipinski definition) is 6. The van der Waals surface area contributed by atoms with Crippen LogP contribution >= 0.6 is 35.0 Å². The van der Waals surface area contributed by atoms with E-state index >= 15 is 0 Å². The Balaban J connectivity index is 1.69. The molecule has 3 N–H and O–H groups in total. The van der Waals surface area contributed by atoms with Crippen molar-refractivity contribution in [2.45, 2.75) is 30.6 Å². The first kappa shape index (κ1) is 27.3. The Bertz CT molecular complexity index is 1260. The summed E-state index contributed by atoms with van der Waals surface area (Å²) in [6.07, 6.45) is -0.489. The van der Waals surface area contributed by atoms with Crippen LogP contribution in [0.25, 0.3) is 11.1 Å². The van der Waals surface area contributed by atoms with Crippen LogP contribution in [-0.4, -0.2) is 38.2 Å². The molecule has 0 radical (unpaired) electrons. The molecule has 0 aromatic heterocycles. The van der Waals surface area contributed by atoms with Gasteiger partial charge in [-0.15, -0.1) is 11.8 Å². The van der Waals surface area contributed by atoms with Crippen LogP contribution in [0, 0.1) is 0 Å². The Morgan fingerprint density at radius 1 is 1.14 bits per heavy atom. The van der Waals surface area contributed by atoms with E-state index in [1.807, 2.05) is 24.3 Å². The normalized spacial score (nSPS) is 15.1. The van der Waals surface area contributed by atoms with Crippen LogP contribution in [0.4, 0.5) is 20.2 Å². The molecule has 0 fully saturated rings. The fraction of sp³-hybridized carbons (Fsp3) is 0.269. The number of rotatable bonds is 10. The van der Waals surface area contributed by atoms with Gasteiger partial charge in [-0.05, 0) is 35.6 Å². The largest absolute Gasteiger partial charge is 0.434 e. The van der Waals surface area contributed by atoms with Gasteiger partial charge in [0.15, 0.2) is 0 Å². The number of fused-ring (bicyclic) bond motifs is 1. The smallest absolute Gasteiger partial charge is 0.387 e. The number of hydrogen-bond donors (Lipinski definition) is 3. The summed E-state index contributed by atoms with van der Waals surface area (Å²) in [5.41, 5.74) is 2.69. The highest BCUT2D eigenvalue weighted by molar-refractivity contribution is 7.99. The van der Waals surface area contributed by atoms with Crippen LogP contribution in [0.5, 0.6) is 5.75 Å². The number of benzene rings is 3. The molecule has 3 aromatic carbocycles. The van der Waals surface area contributed by atoms with E-state index in [2.05, 4.69) is 22.9 Å². The number of nitrogens with one attached hydrogen (secondary N) is 3. The van der Waals surface area contributed by atoms with Gasteiger partial charge in [0.25, 0.3) is 0 Å². The van der Waals surface area contributed by atoms with Gasteiger partial charge in [-0.3, -0.25) is 4.79 Å². The van der Waals surface area contributed by atoms with Gasteiger partial charge in [0, 0.05) is 23.1 Å². The van der Waals surface area contributed by atoms with E-state index in [9.17, 15) is 13.6 Å². The molecular weight excluding hydrogens is 543 g/mol. The Morgan fingerprint density at radius 2 is 1.86 bits per heavy atom. The number of anilines is 2. The van der Waals surface area contributed by atoms with Gasteiger partial charge in [-0.1, -0.05) is 60.5 Å². The maximum atomic E-state index is 13.0. The third kappa shape index (κ3) is 6.23. The number of thioether (sulfide) groups is 1. The van der Waals surface area contributed by atoms with E-state index in [4.69, 9.17) is 32.7 Å². The van der Waals surface area contributed by atoms with Gasteiger partial charge >= 0.3 is 6.61 Å². The molecule has 4 rings (SSSR count). The molecule has 3 aromatic rings. The summed E-state index contributed by atoms with van der Waals surface area (Å²) >= 11 is 15.1. The van der Waals surface area contributed by atoms with E-state index in [-0.39, 0.29) is 28.3 Å². The summed E-state index contributed by atoms with van der Waals surface area (Å²) in [5, 5.41) is 10.2. The highest BCUT2D eigenvalue weighted by atomic mass is 35.5. The zero-order valence-electron chi connectivity index (χ0n) is 20.0. The highest BCUT2D eigenvalue weighted by Gasteiger charge is 2.33. The number of carbonyl (C=O) groups is 1. The first-order valence-electron chi connectivity index (χ1n) is 11.4. The van der Waals surface area contributed by atoms with Crippen molar-refractivity contribution in [2.24, 2.45) is 0 Å². The van der Waals surface area contributed by atoms with E-state index in [0.717, 1.165) is 16.2 Å². The first-order chi connectivity index (χ1) is 17.8. The second-order valence-electron chi connectivity index (χ2n) is 8.09. The van der Waals surface area contributed by atoms with Crippen LogP contribution in [0.3, 0.4) is 0 Å². The van der Waals surface area contributed by atoms with Gasteiger partial charge in [-0.25, -0.2) is 0 Å². The molecule has 1 aliphatic heterocycles. The zero-order chi connectivity index (χ0) is 26.5. The average molecular weight is 568 g/mol. The van der Waals surface area contributed by atoms with Crippen molar-refractivity contribution < 1.29 is 23.0 Å². The Morgan fingerprint density at radius 3 is 2.54 bits per heavy atom. The molecule has 196 valence electrons. The Hall–Kier alpha value is -2.72. The van der Waals surface area contributed by atoms with Gasteiger partial charge in [-0.2, -0.15) is 8.78 Å². The molecule has 0 saturated heterocycles. The Kier molecular flexibility index (Phi) is 9.02. The molecule has 0 saturated carbocycles. The number of carbonyl (C=O) groups excluding carboxylic acids is 1. The zero-order valence-corrected chi connectivity index (χ0v) is 22.3. The van der Waals surface area contributed by atoms with Crippen molar-refractivity contribution >= 4 is 52.2 Å². The summed E-state index contributed by atoms with van der Waals surface area (Å²) in [4.78, 5) is 13.6. The lowest BCUT2D eigenvalue weighted by molar-refractivity contribution is -0.125. The molecule has 1 aliphatic rings. The first-order valence-corrected chi connectivity index (χ1v) is 13.2. The van der Waals surface area contributed by atoms with E-state index in [1.165, 1.54) is 13.2 Å². The maximum Gasteiger partial charge on any atom is 0.387 e. The molecule has 0 spiro atoms. The lowest BCUT2D eigenvalue weighted by Gasteiger charge is -2.26. The molecule has 1 heterocycles. The molecule has 0 bridgehead atoms. The summed E-state index contributed by atoms with van der Waals surface area (Å²) in [6.45, 7) is -1.02. The minimum atomic E-state index is -3.00. The summed E-state index contributed by atoms with van der Waals surface area (Å²) in [7, 11) is 1.45. The minimum absolute atomic E-state index is 0.0431. The van der Waals surface area contributed by atoms with Crippen molar-refractivity contribution in [3.05, 3.63) is 70.2 Å². The van der Waals surface area contributed by atoms with Crippen molar-refractivity contribution in [1.82, 2.24) is 5.32 Å². The van der Waals surface area contributed by atoms with Crippen LogP contribution in [0.2, 0.25) is 10.0 Å². The standard InChI is InChI=1S/C26H25Cl2F2N3O3S/c1-3-37-15-10-8-14(9-11-15)23(32-20(34)13-35-2)25-31-18-12-17(27)21(22(28)24(18)33-25)16-6-4-5-7-19(16)36-26(29)30/h4-12,23,25-26,31,33H,3,13H2,1-2H3,(H,32,34). The van der Waals surface area contributed by atoms with Crippen LogP contribution in [-0.2, 0) is 9.53 Å². The monoisotopic (exact) mass is 567 g/mol. The summed E-state index contributed by atoms with van der Waals surface area (Å²) in [6, 6.07) is 15.4. The second kappa shape index (κ2) is 12.2. The lowest BCUT2D eigenvalue weighted by atomic mass is 10.0. The molecule has 0 aliphatic carbocycles. The predicted molar refractivity (Wildman–Crippen MR) is 145 cm³/mol. The quantitative estimate of drug-likeness (QED) is 0.228. The lowest BCUT2D eigenvalue weighted by Crippen LogP contribution is -2.43. The molecule has 6 nitrogen and oxygen atoms in total. The minimum Gasteiger partial charge on any atom is -0.434 e. The fourth-order valence-electron chi connectivity index (χ4n) is 4.16. The van der Waals surface area contributed by atoms with Crippen molar-refractivity contribution in [3.63, 3.8) is 0 Å². The number of ether oxygens (including phenoxy) is 2. The van der Waals surface area contributed by atoms with Crippen LogP contribution in [0.1, 0.15) is 18.5 Å². The number of methoxy groups -OCH3 is 1. The molecule has 11 heteroatoms. The molecular formula is C26H25Cl2F2N3O3S. The third-order valence-electron chi connectivity index (χ3n) is 5.68. The van der Waals surface area contributed by atoms with E-state index in [0.29, 0.717) is 22.5 Å². The SMILES string of the molecule is CCSc1ccc(C(NC(=O)COC)C2Nc3cc(Cl)c(-c4ccccc4OC(F)F)c(Cl)c3N2)cc1. The molecule has 2 unspecified atom stereocenters. The summed E-state index contributed by atoms with van der Waals surface area (Å²) < 4.78 is 35.7. The average Bonchev–Trinajstić information content (AvgIpc) is 3.28. The topological polar surface area (TPSA) is 71.6 Å². The highest BCUT2D eigenvalue weighted by Crippen LogP contribution is 2.49. The van der Waals surface area contributed by atoms with Crippen LogP contribution < -0.4 is 20.7 Å². The molecule has 1 amide bonds. The Labute approximate surface area is 228 Å². The predicted octanol–water partition coefficient (Wildman–Crippen LogP) is 7.04. The fourth-order valence-corrected chi connectivity index (χ4v) is 5.54. The van der Waals surface area contributed by atoms with Crippen LogP contribution in [0.15, 0.2) is 59.5 Å². The maximum absolute atomic E-state index is 13.0. The number of alkyl halides is 2. The van der Waals surface area contributed by atoms with Crippen molar-refractivity contribution in [1.29, 1.82) is 0 Å². The van der Waals surface area contributed by atoms with Crippen molar-refractivity contribution in [2.75, 3.05) is 30.1 Å². The summed E-state index contributed by atoms with van der Waals surface area (Å²) in [5.74, 6) is 0.613. The number of amides is 1. The second-order valence-corrected chi connectivity index (χ2v) is 10.2. The van der Waals surface area contributed by atoms with Gasteiger partial charge < -0.3 is 25.4 Å². The van der Waals surface area contributed by atoms with E-state index < -0.39 is 18.8 Å². The molecule has 2 atom stereocenters. The van der Waals surface area contributed by atoms with Gasteiger partial charge in [0.2, 0.25) is 5.91 Å².